The molecule has 0 aliphatic rings. The van der Waals surface area contributed by atoms with E-state index in [1.807, 2.05) is 0 Å². The summed E-state index contributed by atoms with van der Waals surface area (Å²) in [6.45, 7) is -0.355. The van der Waals surface area contributed by atoms with Crippen LogP contribution >= 0.6 is 11.6 Å². The molecular weight excluding hydrogens is 345 g/mol. The van der Waals surface area contributed by atoms with Gasteiger partial charge in [-0.3, -0.25) is 0 Å². The molecule has 2 aromatic rings. The minimum atomic E-state index is -4.62. The fraction of sp³-hybridized carbons (Fsp3) is 0.188. The molecule has 24 heavy (non-hydrogen) atoms. The molecule has 0 aromatic heterocycles. The van der Waals surface area contributed by atoms with Crippen molar-refractivity contribution in [2.45, 2.75) is 12.2 Å². The van der Waals surface area contributed by atoms with Crippen LogP contribution in [0.15, 0.2) is 48.5 Å². The Labute approximate surface area is 141 Å². The quantitative estimate of drug-likeness (QED) is 0.766. The first kappa shape index (κ1) is 18.1. The molecule has 2 rings (SSSR count). The molecule has 0 heterocycles. The molecule has 0 radical (unpaired) electrons. The van der Waals surface area contributed by atoms with E-state index in [9.17, 15) is 23.1 Å². The van der Waals surface area contributed by atoms with Crippen LogP contribution in [-0.4, -0.2) is 17.7 Å². The third kappa shape index (κ3) is 4.62. The predicted octanol–water partition coefficient (Wildman–Crippen LogP) is 4.21. The second-order valence-corrected chi connectivity index (χ2v) is 5.34. The number of anilines is 1. The van der Waals surface area contributed by atoms with Gasteiger partial charge < -0.3 is 15.7 Å². The Bertz CT molecular complexity index is 708. The maximum atomic E-state index is 12.8. The summed E-state index contributed by atoms with van der Waals surface area (Å²) in [6, 6.07) is 10.3. The molecule has 0 aliphatic carbocycles. The molecule has 0 fully saturated rings. The van der Waals surface area contributed by atoms with Gasteiger partial charge in [0.25, 0.3) is 0 Å². The summed E-state index contributed by atoms with van der Waals surface area (Å²) in [6.07, 6.45) is -4.62. The Morgan fingerprint density at radius 2 is 1.83 bits per heavy atom. The van der Waals surface area contributed by atoms with Crippen LogP contribution in [0.2, 0.25) is 5.02 Å². The van der Waals surface area contributed by atoms with Gasteiger partial charge in [0.05, 0.1) is 23.2 Å². The van der Waals surface area contributed by atoms with Crippen LogP contribution < -0.4 is 10.6 Å². The molecule has 0 spiro atoms. The number of carbonyl (C=O) groups excluding carboxylic acids is 1. The van der Waals surface area contributed by atoms with Gasteiger partial charge in [0.1, 0.15) is 0 Å². The van der Waals surface area contributed by atoms with Crippen LogP contribution in [0.5, 0.6) is 0 Å². The van der Waals surface area contributed by atoms with Crippen molar-refractivity contribution in [2.75, 3.05) is 11.9 Å². The smallest absolute Gasteiger partial charge is 0.394 e. The average Bonchev–Trinajstić information content (AvgIpc) is 2.54. The summed E-state index contributed by atoms with van der Waals surface area (Å²) < 4.78 is 38.4. The van der Waals surface area contributed by atoms with Crippen molar-refractivity contribution >= 4 is 23.3 Å². The van der Waals surface area contributed by atoms with E-state index < -0.39 is 28.8 Å². The number of rotatable bonds is 4. The number of alkyl halides is 3. The van der Waals surface area contributed by atoms with Crippen molar-refractivity contribution in [2.24, 2.45) is 0 Å². The Balaban J connectivity index is 2.10. The van der Waals surface area contributed by atoms with Gasteiger partial charge in [-0.2, -0.15) is 13.2 Å². The lowest BCUT2D eigenvalue weighted by molar-refractivity contribution is -0.137. The molecule has 0 saturated heterocycles. The zero-order valence-electron chi connectivity index (χ0n) is 12.3. The second-order valence-electron chi connectivity index (χ2n) is 4.94. The number of benzene rings is 2. The van der Waals surface area contributed by atoms with Crippen LogP contribution in [-0.2, 0) is 6.18 Å². The maximum Gasteiger partial charge on any atom is 0.417 e. The second kappa shape index (κ2) is 7.55. The first-order valence-electron chi connectivity index (χ1n) is 6.91. The van der Waals surface area contributed by atoms with Crippen LogP contribution in [0.25, 0.3) is 0 Å². The first-order chi connectivity index (χ1) is 11.3. The van der Waals surface area contributed by atoms with Gasteiger partial charge in [-0.15, -0.1) is 0 Å². The molecule has 128 valence electrons. The summed E-state index contributed by atoms with van der Waals surface area (Å²) in [7, 11) is 0. The number of amides is 2. The van der Waals surface area contributed by atoms with Crippen molar-refractivity contribution < 1.29 is 23.1 Å². The number of hydrogen-bond donors (Lipinski definition) is 3. The molecule has 3 N–H and O–H groups in total. The molecule has 2 aromatic carbocycles. The van der Waals surface area contributed by atoms with Crippen LogP contribution in [0.1, 0.15) is 17.2 Å². The van der Waals surface area contributed by atoms with Crippen molar-refractivity contribution in [3.05, 3.63) is 64.7 Å². The van der Waals surface area contributed by atoms with Crippen molar-refractivity contribution in [1.82, 2.24) is 5.32 Å². The first-order valence-corrected chi connectivity index (χ1v) is 7.29. The van der Waals surface area contributed by atoms with Gasteiger partial charge in [-0.25, -0.2) is 4.79 Å². The fourth-order valence-corrected chi connectivity index (χ4v) is 2.29. The average molecular weight is 359 g/mol. The lowest BCUT2D eigenvalue weighted by atomic mass is 10.1. The highest BCUT2D eigenvalue weighted by atomic mass is 35.5. The largest absolute Gasteiger partial charge is 0.417 e. The maximum absolute atomic E-state index is 12.8. The minimum absolute atomic E-state index is 0.0611. The number of halogens is 4. The number of urea groups is 1. The number of aliphatic hydroxyl groups excluding tert-OH is 1. The van der Waals surface area contributed by atoms with Gasteiger partial charge in [0.2, 0.25) is 0 Å². The Morgan fingerprint density at radius 3 is 2.42 bits per heavy atom. The zero-order chi connectivity index (χ0) is 17.7. The summed E-state index contributed by atoms with van der Waals surface area (Å²) >= 11 is 5.52. The SMILES string of the molecule is O=C(Nc1ccc(Cl)c(C(F)(F)F)c1)N[C@H](CO)c1ccccc1. The van der Waals surface area contributed by atoms with Crippen LogP contribution in [0, 0.1) is 0 Å². The van der Waals surface area contributed by atoms with Gasteiger partial charge >= 0.3 is 12.2 Å². The van der Waals surface area contributed by atoms with Crippen molar-refractivity contribution in [1.29, 1.82) is 0 Å². The minimum Gasteiger partial charge on any atom is -0.394 e. The molecule has 0 bridgehead atoms. The number of hydrogen-bond acceptors (Lipinski definition) is 2. The molecule has 0 aliphatic heterocycles. The van der Waals surface area contributed by atoms with E-state index in [4.69, 9.17) is 11.6 Å². The molecular formula is C16H14ClF3N2O2. The lowest BCUT2D eigenvalue weighted by Crippen LogP contribution is -2.34. The third-order valence-corrected chi connectivity index (χ3v) is 3.55. The molecule has 2 amide bonds. The molecule has 8 heteroatoms. The topological polar surface area (TPSA) is 61.4 Å². The van der Waals surface area contributed by atoms with Crippen molar-refractivity contribution in [3.63, 3.8) is 0 Å². The third-order valence-electron chi connectivity index (χ3n) is 3.22. The molecule has 4 nitrogen and oxygen atoms in total. The predicted molar refractivity (Wildman–Crippen MR) is 84.9 cm³/mol. The van der Waals surface area contributed by atoms with E-state index in [1.165, 1.54) is 6.07 Å². The van der Waals surface area contributed by atoms with Crippen LogP contribution in [0.4, 0.5) is 23.7 Å². The van der Waals surface area contributed by atoms with E-state index in [0.29, 0.717) is 5.56 Å². The van der Waals surface area contributed by atoms with E-state index in [1.54, 1.807) is 30.3 Å². The van der Waals surface area contributed by atoms with Gasteiger partial charge in [0.15, 0.2) is 0 Å². The highest BCUT2D eigenvalue weighted by Crippen LogP contribution is 2.36. The Kier molecular flexibility index (Phi) is 5.69. The van der Waals surface area contributed by atoms with Gasteiger partial charge in [-0.1, -0.05) is 41.9 Å². The summed E-state index contributed by atoms with van der Waals surface area (Å²) in [5.41, 5.74) is -0.431. The van der Waals surface area contributed by atoms with E-state index in [0.717, 1.165) is 12.1 Å². The van der Waals surface area contributed by atoms with Gasteiger partial charge in [-0.05, 0) is 23.8 Å². The highest BCUT2D eigenvalue weighted by Gasteiger charge is 2.33. The summed E-state index contributed by atoms with van der Waals surface area (Å²) in [5, 5.41) is 13.7. The Morgan fingerprint density at radius 1 is 1.17 bits per heavy atom. The lowest BCUT2D eigenvalue weighted by Gasteiger charge is -2.18. The number of aliphatic hydroxyl groups is 1. The zero-order valence-corrected chi connectivity index (χ0v) is 13.0. The summed E-state index contributed by atoms with van der Waals surface area (Å²) in [4.78, 5) is 12.0. The van der Waals surface area contributed by atoms with Crippen LogP contribution in [0.3, 0.4) is 0 Å². The van der Waals surface area contributed by atoms with E-state index >= 15 is 0 Å². The monoisotopic (exact) mass is 358 g/mol. The van der Waals surface area contributed by atoms with E-state index in [2.05, 4.69) is 10.6 Å². The fourth-order valence-electron chi connectivity index (χ4n) is 2.07. The Hall–Kier alpha value is -2.25. The van der Waals surface area contributed by atoms with Crippen molar-refractivity contribution in [3.8, 4) is 0 Å². The molecule has 0 saturated carbocycles. The van der Waals surface area contributed by atoms with Gasteiger partial charge in [0, 0.05) is 5.69 Å². The number of nitrogens with one attached hydrogen (secondary N) is 2. The standard InChI is InChI=1S/C16H14ClF3N2O2/c17-13-7-6-11(8-12(13)16(18,19)20)21-15(24)22-14(9-23)10-4-2-1-3-5-10/h1-8,14,23H,9H2,(H2,21,22,24)/t14-/m1/s1. The number of carbonyl (C=O) groups is 1. The molecule has 0 unspecified atom stereocenters. The normalized spacial score (nSPS) is 12.5. The van der Waals surface area contributed by atoms with E-state index in [-0.39, 0.29) is 12.3 Å². The summed E-state index contributed by atoms with van der Waals surface area (Å²) in [5.74, 6) is 0. The molecule has 1 atom stereocenters. The highest BCUT2D eigenvalue weighted by molar-refractivity contribution is 6.31.